The number of halogens is 2. The smallest absolute Gasteiger partial charge is 0.128 e. The number of nitrogens with zero attached hydrogens (tertiary/aromatic N) is 2. The predicted octanol–water partition coefficient (Wildman–Crippen LogP) is 5.49. The molecule has 1 aromatic heterocycles. The second-order valence-corrected chi connectivity index (χ2v) is 9.27. The molecule has 2 N–H and O–H groups in total. The van der Waals surface area contributed by atoms with E-state index < -0.39 is 0 Å². The van der Waals surface area contributed by atoms with E-state index in [1.165, 1.54) is 11.1 Å². The summed E-state index contributed by atoms with van der Waals surface area (Å²) in [5.74, 6) is 1.64. The first-order valence-corrected chi connectivity index (χ1v) is 11.4. The van der Waals surface area contributed by atoms with Crippen LogP contribution in [-0.2, 0) is 11.8 Å². The van der Waals surface area contributed by atoms with Crippen LogP contribution in [0.3, 0.4) is 0 Å². The summed E-state index contributed by atoms with van der Waals surface area (Å²) in [6.07, 6.45) is 4.93. The number of ether oxygens (including phenoxy) is 1. The summed E-state index contributed by atoms with van der Waals surface area (Å²) in [5, 5.41) is 0.973. The van der Waals surface area contributed by atoms with Gasteiger partial charge in [0.1, 0.15) is 11.6 Å². The monoisotopic (exact) mass is 453 g/mol. The Labute approximate surface area is 192 Å². The zero-order valence-electron chi connectivity index (χ0n) is 17.4. The van der Waals surface area contributed by atoms with Crippen LogP contribution in [0.5, 0.6) is 5.75 Å². The first kappa shape index (κ1) is 20.6. The molecule has 6 heteroatoms. The van der Waals surface area contributed by atoms with Crippen molar-refractivity contribution in [3.8, 4) is 16.9 Å². The highest BCUT2D eigenvalue weighted by atomic mass is 35.5. The van der Waals surface area contributed by atoms with Gasteiger partial charge >= 0.3 is 0 Å². The number of hydrogen-bond donors (Lipinski definition) is 1. The van der Waals surface area contributed by atoms with E-state index in [1.54, 1.807) is 13.2 Å². The van der Waals surface area contributed by atoms with Crippen molar-refractivity contribution in [1.29, 1.82) is 0 Å². The summed E-state index contributed by atoms with van der Waals surface area (Å²) in [6.45, 7) is 1.89. The van der Waals surface area contributed by atoms with Crippen LogP contribution in [0.25, 0.3) is 11.1 Å². The lowest BCUT2D eigenvalue weighted by molar-refractivity contribution is 0.292. The zero-order chi connectivity index (χ0) is 21.6. The standard InChI is InChI=1S/C25H25Cl2N3O/c1-31-18-13-19(24(27)21(26)14-18)17-6-7-23(29-15-17)30-10-8-25(9-11-30)20-5-3-2-4-16(20)12-22(25)28/h2-7,13-15,22H,8-12,28H2,1H3/t22-/m1/s1. The lowest BCUT2D eigenvalue weighted by atomic mass is 9.71. The molecular formula is C25H25Cl2N3O. The molecule has 0 unspecified atom stereocenters. The van der Waals surface area contributed by atoms with Crippen LogP contribution >= 0.6 is 23.2 Å². The van der Waals surface area contributed by atoms with Crippen molar-refractivity contribution in [3.63, 3.8) is 0 Å². The molecule has 4 nitrogen and oxygen atoms in total. The van der Waals surface area contributed by atoms with Gasteiger partial charge in [0.2, 0.25) is 0 Å². The number of pyridine rings is 1. The Balaban J connectivity index is 1.35. The minimum atomic E-state index is 0.0951. The van der Waals surface area contributed by atoms with Crippen LogP contribution in [0, 0.1) is 0 Å². The molecule has 160 valence electrons. The Bertz CT molecular complexity index is 1110. The fraction of sp³-hybridized carbons (Fsp3) is 0.320. The third-order valence-electron chi connectivity index (χ3n) is 6.98. The van der Waals surface area contributed by atoms with Gasteiger partial charge in [0.25, 0.3) is 0 Å². The van der Waals surface area contributed by atoms with E-state index in [4.69, 9.17) is 38.7 Å². The lowest BCUT2D eigenvalue weighted by Gasteiger charge is -2.43. The van der Waals surface area contributed by atoms with E-state index in [0.29, 0.717) is 15.8 Å². The van der Waals surface area contributed by atoms with Gasteiger partial charge in [0.15, 0.2) is 0 Å². The third-order valence-corrected chi connectivity index (χ3v) is 7.78. The average molecular weight is 454 g/mol. The van der Waals surface area contributed by atoms with E-state index in [0.717, 1.165) is 49.3 Å². The lowest BCUT2D eigenvalue weighted by Crippen LogP contribution is -2.50. The van der Waals surface area contributed by atoms with Crippen LogP contribution in [0.4, 0.5) is 5.82 Å². The van der Waals surface area contributed by atoms with Crippen LogP contribution in [0.1, 0.15) is 24.0 Å². The predicted molar refractivity (Wildman–Crippen MR) is 127 cm³/mol. The number of benzene rings is 2. The van der Waals surface area contributed by atoms with Crippen molar-refractivity contribution in [2.75, 3.05) is 25.1 Å². The SMILES string of the molecule is COc1cc(Cl)c(Cl)c(-c2ccc(N3CCC4(CC3)c3ccccc3C[C@H]4N)nc2)c1. The molecule has 0 bridgehead atoms. The fourth-order valence-electron chi connectivity index (χ4n) is 5.22. The molecule has 1 spiro atoms. The normalized spacial score (nSPS) is 19.5. The quantitative estimate of drug-likeness (QED) is 0.569. The maximum Gasteiger partial charge on any atom is 0.128 e. The molecule has 0 radical (unpaired) electrons. The van der Waals surface area contributed by atoms with Gasteiger partial charge in [-0.15, -0.1) is 0 Å². The van der Waals surface area contributed by atoms with E-state index in [9.17, 15) is 0 Å². The molecular weight excluding hydrogens is 429 g/mol. The molecule has 5 rings (SSSR count). The Hall–Kier alpha value is -2.27. The van der Waals surface area contributed by atoms with Gasteiger partial charge in [0.05, 0.1) is 17.2 Å². The van der Waals surface area contributed by atoms with Gasteiger partial charge in [-0.2, -0.15) is 0 Å². The molecule has 1 saturated heterocycles. The van der Waals surface area contributed by atoms with Gasteiger partial charge in [0, 0.05) is 47.9 Å². The number of aromatic nitrogens is 1. The Morgan fingerprint density at radius 1 is 1.10 bits per heavy atom. The van der Waals surface area contributed by atoms with Crippen molar-refractivity contribution in [2.24, 2.45) is 5.73 Å². The minimum absolute atomic E-state index is 0.0951. The second-order valence-electron chi connectivity index (χ2n) is 8.49. The molecule has 3 aromatic rings. The molecule has 2 aromatic carbocycles. The second kappa shape index (κ2) is 8.01. The van der Waals surface area contributed by atoms with Crippen molar-refractivity contribution in [3.05, 3.63) is 75.9 Å². The van der Waals surface area contributed by atoms with Crippen molar-refractivity contribution in [1.82, 2.24) is 4.98 Å². The largest absolute Gasteiger partial charge is 0.497 e. The van der Waals surface area contributed by atoms with Gasteiger partial charge in [-0.1, -0.05) is 47.5 Å². The van der Waals surface area contributed by atoms with Gasteiger partial charge in [-0.05, 0) is 48.6 Å². The molecule has 1 aliphatic heterocycles. The first-order valence-electron chi connectivity index (χ1n) is 10.6. The number of hydrogen-bond acceptors (Lipinski definition) is 4. The van der Waals surface area contributed by atoms with Gasteiger partial charge < -0.3 is 15.4 Å². The molecule has 0 amide bonds. The Kier molecular flexibility index (Phi) is 5.33. The van der Waals surface area contributed by atoms with E-state index in [-0.39, 0.29) is 11.5 Å². The molecule has 2 aliphatic rings. The number of methoxy groups -OCH3 is 1. The summed E-state index contributed by atoms with van der Waals surface area (Å²) in [4.78, 5) is 7.09. The summed E-state index contributed by atoms with van der Waals surface area (Å²) in [6, 6.07) is 16.6. The molecule has 31 heavy (non-hydrogen) atoms. The summed E-state index contributed by atoms with van der Waals surface area (Å²) < 4.78 is 5.33. The van der Waals surface area contributed by atoms with Gasteiger partial charge in [-0.3, -0.25) is 0 Å². The maximum atomic E-state index is 6.65. The van der Waals surface area contributed by atoms with Crippen LogP contribution < -0.4 is 15.4 Å². The van der Waals surface area contributed by atoms with Crippen LogP contribution in [0.2, 0.25) is 10.0 Å². The van der Waals surface area contributed by atoms with E-state index in [2.05, 4.69) is 35.2 Å². The topological polar surface area (TPSA) is 51.4 Å². The number of nitrogens with two attached hydrogens (primary N) is 1. The maximum absolute atomic E-state index is 6.65. The molecule has 1 atom stereocenters. The third kappa shape index (κ3) is 3.47. The Morgan fingerprint density at radius 2 is 1.87 bits per heavy atom. The number of rotatable bonds is 3. The van der Waals surface area contributed by atoms with Crippen molar-refractivity contribution < 1.29 is 4.74 Å². The highest BCUT2D eigenvalue weighted by Gasteiger charge is 2.46. The molecule has 0 saturated carbocycles. The zero-order valence-corrected chi connectivity index (χ0v) is 19.0. The molecule has 1 fully saturated rings. The summed E-state index contributed by atoms with van der Waals surface area (Å²) in [7, 11) is 1.61. The Morgan fingerprint density at radius 3 is 2.58 bits per heavy atom. The summed E-state index contributed by atoms with van der Waals surface area (Å²) >= 11 is 12.7. The highest BCUT2D eigenvalue weighted by molar-refractivity contribution is 6.43. The molecule has 1 aliphatic carbocycles. The van der Waals surface area contributed by atoms with Crippen molar-refractivity contribution in [2.45, 2.75) is 30.7 Å². The van der Waals surface area contributed by atoms with Crippen LogP contribution in [-0.4, -0.2) is 31.2 Å². The van der Waals surface area contributed by atoms with E-state index in [1.807, 2.05) is 18.3 Å². The number of fused-ring (bicyclic) bond motifs is 2. The number of piperidine rings is 1. The highest BCUT2D eigenvalue weighted by Crippen LogP contribution is 2.46. The van der Waals surface area contributed by atoms with E-state index >= 15 is 0 Å². The van der Waals surface area contributed by atoms with Crippen molar-refractivity contribution >= 4 is 29.0 Å². The fourth-order valence-corrected chi connectivity index (χ4v) is 5.64. The molecule has 2 heterocycles. The minimum Gasteiger partial charge on any atom is -0.497 e. The van der Waals surface area contributed by atoms with Crippen LogP contribution in [0.15, 0.2) is 54.7 Å². The first-order chi connectivity index (χ1) is 15.0. The summed E-state index contributed by atoms with van der Waals surface area (Å²) in [5.41, 5.74) is 11.3. The number of anilines is 1. The van der Waals surface area contributed by atoms with Gasteiger partial charge in [-0.25, -0.2) is 4.98 Å². The average Bonchev–Trinajstić information content (AvgIpc) is 3.07.